The molecule has 27 heavy (non-hydrogen) atoms. The van der Waals surface area contributed by atoms with Gasteiger partial charge in [-0.05, 0) is 42.1 Å². The molecule has 7 nitrogen and oxygen atoms in total. The molecule has 4 heterocycles. The zero-order valence-corrected chi connectivity index (χ0v) is 15.4. The van der Waals surface area contributed by atoms with Gasteiger partial charge in [0.05, 0.1) is 17.0 Å². The number of hydrogen-bond donors (Lipinski definition) is 1. The highest BCUT2D eigenvalue weighted by molar-refractivity contribution is 7.13. The molecule has 8 heteroatoms. The minimum absolute atomic E-state index is 0.110. The van der Waals surface area contributed by atoms with Crippen LogP contribution in [0.4, 0.5) is 0 Å². The minimum Gasteiger partial charge on any atom is -0.440 e. The molecular weight excluding hydrogens is 362 g/mol. The van der Waals surface area contributed by atoms with Gasteiger partial charge in [-0.2, -0.15) is 5.10 Å². The molecule has 4 aromatic rings. The smallest absolute Gasteiger partial charge is 0.236 e. The summed E-state index contributed by atoms with van der Waals surface area (Å²) < 4.78 is 7.36. The minimum atomic E-state index is -0.110. The fourth-order valence-electron chi connectivity index (χ4n) is 2.61. The molecular formula is C19H17N5O2S. The van der Waals surface area contributed by atoms with Gasteiger partial charge in [-0.25, -0.2) is 14.6 Å². The fraction of sp³-hybridized carbons (Fsp3) is 0.158. The zero-order valence-electron chi connectivity index (χ0n) is 14.6. The summed E-state index contributed by atoms with van der Waals surface area (Å²) in [5.41, 5.74) is 1.60. The molecule has 0 aliphatic heterocycles. The third-order valence-electron chi connectivity index (χ3n) is 3.99. The van der Waals surface area contributed by atoms with Gasteiger partial charge >= 0.3 is 0 Å². The second-order valence-corrected chi connectivity index (χ2v) is 6.87. The van der Waals surface area contributed by atoms with Crippen LogP contribution in [-0.4, -0.2) is 25.7 Å². The van der Waals surface area contributed by atoms with Crippen molar-refractivity contribution in [1.29, 1.82) is 0 Å². The van der Waals surface area contributed by atoms with Gasteiger partial charge in [0.2, 0.25) is 11.8 Å². The molecule has 0 saturated heterocycles. The Labute approximate surface area is 159 Å². The van der Waals surface area contributed by atoms with Crippen LogP contribution < -0.4 is 5.32 Å². The molecule has 4 aromatic heterocycles. The van der Waals surface area contributed by atoms with E-state index in [0.29, 0.717) is 29.7 Å². The molecule has 0 atom stereocenters. The lowest BCUT2D eigenvalue weighted by Gasteiger charge is -2.06. The van der Waals surface area contributed by atoms with Crippen molar-refractivity contribution in [2.75, 3.05) is 0 Å². The molecule has 0 radical (unpaired) electrons. The quantitative estimate of drug-likeness (QED) is 0.556. The predicted octanol–water partition coefficient (Wildman–Crippen LogP) is 3.15. The van der Waals surface area contributed by atoms with Gasteiger partial charge in [0, 0.05) is 25.1 Å². The first kappa shape index (κ1) is 17.2. The van der Waals surface area contributed by atoms with Gasteiger partial charge in [0.15, 0.2) is 5.82 Å². The summed E-state index contributed by atoms with van der Waals surface area (Å²) >= 11 is 1.55. The zero-order chi connectivity index (χ0) is 18.6. The maximum Gasteiger partial charge on any atom is 0.236 e. The van der Waals surface area contributed by atoms with Crippen molar-refractivity contribution in [2.24, 2.45) is 0 Å². The molecule has 136 valence electrons. The van der Waals surface area contributed by atoms with Gasteiger partial charge < -0.3 is 9.73 Å². The van der Waals surface area contributed by atoms with Crippen LogP contribution in [0, 0.1) is 6.92 Å². The highest BCUT2D eigenvalue weighted by atomic mass is 32.1. The van der Waals surface area contributed by atoms with E-state index in [9.17, 15) is 4.79 Å². The molecule has 0 unspecified atom stereocenters. The Kier molecular flexibility index (Phi) is 4.80. The molecule has 1 amide bonds. The lowest BCUT2D eigenvalue weighted by molar-refractivity contribution is -0.120. The average Bonchev–Trinajstić information content (AvgIpc) is 3.43. The van der Waals surface area contributed by atoms with Crippen LogP contribution in [0.5, 0.6) is 0 Å². The molecule has 0 aliphatic rings. The normalized spacial score (nSPS) is 10.9. The van der Waals surface area contributed by atoms with E-state index in [1.54, 1.807) is 28.4 Å². The van der Waals surface area contributed by atoms with Crippen molar-refractivity contribution in [1.82, 2.24) is 25.1 Å². The summed E-state index contributed by atoms with van der Waals surface area (Å²) in [5.74, 6) is 1.82. The SMILES string of the molecule is Cc1oc(-c2cccs2)nc1CC(=O)NCc1ccnc(-n2cccn2)c1. The van der Waals surface area contributed by atoms with Crippen molar-refractivity contribution in [3.05, 3.63) is 71.3 Å². The first-order valence-electron chi connectivity index (χ1n) is 8.41. The van der Waals surface area contributed by atoms with E-state index in [0.717, 1.165) is 10.4 Å². The molecule has 4 rings (SSSR count). The highest BCUT2D eigenvalue weighted by Gasteiger charge is 2.15. The molecule has 1 N–H and O–H groups in total. The maximum absolute atomic E-state index is 12.3. The van der Waals surface area contributed by atoms with E-state index in [4.69, 9.17) is 4.42 Å². The Balaban J connectivity index is 1.39. The van der Waals surface area contributed by atoms with Gasteiger partial charge in [-0.3, -0.25) is 4.79 Å². The Morgan fingerprint density at radius 2 is 2.22 bits per heavy atom. The van der Waals surface area contributed by atoms with Crippen LogP contribution in [0.2, 0.25) is 0 Å². The highest BCUT2D eigenvalue weighted by Crippen LogP contribution is 2.26. The fourth-order valence-corrected chi connectivity index (χ4v) is 3.26. The number of nitrogens with one attached hydrogen (secondary N) is 1. The van der Waals surface area contributed by atoms with E-state index in [2.05, 4.69) is 20.4 Å². The van der Waals surface area contributed by atoms with Crippen LogP contribution in [0.25, 0.3) is 16.6 Å². The molecule has 0 spiro atoms. The number of pyridine rings is 1. The molecule has 0 aromatic carbocycles. The monoisotopic (exact) mass is 379 g/mol. The number of hydrogen-bond acceptors (Lipinski definition) is 6. The topological polar surface area (TPSA) is 85.8 Å². The van der Waals surface area contributed by atoms with Crippen LogP contribution >= 0.6 is 11.3 Å². The molecule has 0 bridgehead atoms. The average molecular weight is 379 g/mol. The van der Waals surface area contributed by atoms with Gasteiger partial charge in [-0.1, -0.05) is 6.07 Å². The molecule has 0 aliphatic carbocycles. The van der Waals surface area contributed by atoms with Crippen LogP contribution in [0.15, 0.2) is 58.7 Å². The van der Waals surface area contributed by atoms with Crippen molar-refractivity contribution in [3.63, 3.8) is 0 Å². The van der Waals surface area contributed by atoms with E-state index < -0.39 is 0 Å². The van der Waals surface area contributed by atoms with Gasteiger partial charge in [0.1, 0.15) is 5.76 Å². The van der Waals surface area contributed by atoms with E-state index in [1.165, 1.54) is 0 Å². The number of amides is 1. The van der Waals surface area contributed by atoms with Crippen LogP contribution in [-0.2, 0) is 17.8 Å². The summed E-state index contributed by atoms with van der Waals surface area (Å²) in [7, 11) is 0. The third-order valence-corrected chi connectivity index (χ3v) is 4.85. The van der Waals surface area contributed by atoms with Gasteiger partial charge in [-0.15, -0.1) is 11.3 Å². The number of aryl methyl sites for hydroxylation is 1. The number of carbonyl (C=O) groups excluding carboxylic acids is 1. The van der Waals surface area contributed by atoms with E-state index in [1.807, 2.05) is 48.8 Å². The summed E-state index contributed by atoms with van der Waals surface area (Å²) in [6, 6.07) is 9.48. The first-order valence-corrected chi connectivity index (χ1v) is 9.29. The number of rotatable bonds is 6. The summed E-state index contributed by atoms with van der Waals surface area (Å²) in [5, 5.41) is 9.04. The first-order chi connectivity index (χ1) is 13.2. The summed E-state index contributed by atoms with van der Waals surface area (Å²) in [4.78, 5) is 22.0. The Bertz CT molecular complexity index is 1040. The number of oxazole rings is 1. The Hall–Kier alpha value is -3.26. The predicted molar refractivity (Wildman–Crippen MR) is 101 cm³/mol. The lowest BCUT2D eigenvalue weighted by Crippen LogP contribution is -2.25. The Morgan fingerprint density at radius 1 is 1.30 bits per heavy atom. The second-order valence-electron chi connectivity index (χ2n) is 5.93. The van der Waals surface area contributed by atoms with Crippen LogP contribution in [0.3, 0.4) is 0 Å². The van der Waals surface area contributed by atoms with E-state index in [-0.39, 0.29) is 12.3 Å². The van der Waals surface area contributed by atoms with E-state index >= 15 is 0 Å². The van der Waals surface area contributed by atoms with Crippen molar-refractivity contribution >= 4 is 17.2 Å². The maximum atomic E-state index is 12.3. The number of carbonyl (C=O) groups is 1. The largest absolute Gasteiger partial charge is 0.440 e. The van der Waals surface area contributed by atoms with Crippen molar-refractivity contribution in [3.8, 4) is 16.6 Å². The molecule has 0 fully saturated rings. The summed E-state index contributed by atoms with van der Waals surface area (Å²) in [6.07, 6.45) is 5.40. The second kappa shape index (κ2) is 7.55. The van der Waals surface area contributed by atoms with Crippen LogP contribution in [0.1, 0.15) is 17.0 Å². The Morgan fingerprint density at radius 3 is 3.00 bits per heavy atom. The third kappa shape index (κ3) is 3.95. The standard InChI is InChI=1S/C19H17N5O2S/c1-13-15(23-19(26-13)16-4-2-9-27-16)11-18(25)21-12-14-5-7-20-17(10-14)24-8-3-6-22-24/h2-10H,11-12H2,1H3,(H,21,25). The number of nitrogens with zero attached hydrogens (tertiary/aromatic N) is 4. The number of aromatic nitrogens is 4. The lowest BCUT2D eigenvalue weighted by atomic mass is 10.2. The summed E-state index contributed by atoms with van der Waals surface area (Å²) in [6.45, 7) is 2.23. The van der Waals surface area contributed by atoms with Crippen molar-refractivity contribution < 1.29 is 9.21 Å². The number of thiophene rings is 1. The van der Waals surface area contributed by atoms with Crippen molar-refractivity contribution in [2.45, 2.75) is 19.9 Å². The van der Waals surface area contributed by atoms with Gasteiger partial charge in [0.25, 0.3) is 0 Å². The molecule has 0 saturated carbocycles.